The van der Waals surface area contributed by atoms with Crippen molar-refractivity contribution >= 4 is 28.4 Å². The number of hydrogen-bond donors (Lipinski definition) is 3. The molecule has 0 aliphatic rings. The zero-order chi connectivity index (χ0) is 20.5. The Balaban J connectivity index is 2.02. The number of amides is 3. The normalized spacial score (nSPS) is 12.9. The number of benzene rings is 1. The van der Waals surface area contributed by atoms with E-state index in [4.69, 9.17) is 0 Å². The van der Waals surface area contributed by atoms with E-state index in [0.717, 1.165) is 29.8 Å². The van der Waals surface area contributed by atoms with Crippen LogP contribution >= 0.6 is 11.3 Å². The van der Waals surface area contributed by atoms with Gasteiger partial charge in [0.25, 0.3) is 0 Å². The number of nitrogens with one attached hydrogen (secondary N) is 3. The molecule has 0 radical (unpaired) electrons. The molecule has 2 aromatic rings. The van der Waals surface area contributed by atoms with Crippen molar-refractivity contribution < 1.29 is 9.59 Å². The monoisotopic (exact) mass is 403 g/mol. The second-order valence-corrected chi connectivity index (χ2v) is 7.86. The van der Waals surface area contributed by atoms with Crippen molar-refractivity contribution in [2.75, 3.05) is 11.9 Å². The van der Waals surface area contributed by atoms with Gasteiger partial charge in [-0.3, -0.25) is 10.1 Å². The number of anilines is 1. The SMILES string of the molecule is CCCCNC(=O)N[C@H](C(=O)Nc1nnc(-c2ccc(C)cc2)s1)[C@H](C)CC. The van der Waals surface area contributed by atoms with E-state index in [0.29, 0.717) is 11.7 Å². The van der Waals surface area contributed by atoms with Gasteiger partial charge in [-0.2, -0.15) is 0 Å². The van der Waals surface area contributed by atoms with Gasteiger partial charge in [0, 0.05) is 12.1 Å². The van der Waals surface area contributed by atoms with E-state index in [1.807, 2.05) is 45.0 Å². The van der Waals surface area contributed by atoms with Gasteiger partial charge in [-0.1, -0.05) is 74.8 Å². The van der Waals surface area contributed by atoms with Crippen molar-refractivity contribution in [3.8, 4) is 10.6 Å². The summed E-state index contributed by atoms with van der Waals surface area (Å²) in [6, 6.07) is 7.01. The molecule has 3 N–H and O–H groups in total. The number of hydrogen-bond acceptors (Lipinski definition) is 5. The Hall–Kier alpha value is -2.48. The molecular weight excluding hydrogens is 374 g/mol. The van der Waals surface area contributed by atoms with Crippen LogP contribution in [0.4, 0.5) is 9.93 Å². The molecule has 3 amide bonds. The molecule has 0 fully saturated rings. The Kier molecular flexibility index (Phi) is 8.38. The summed E-state index contributed by atoms with van der Waals surface area (Å²) in [5, 5.41) is 17.8. The largest absolute Gasteiger partial charge is 0.338 e. The third-order valence-corrected chi connectivity index (χ3v) is 5.44. The first-order chi connectivity index (χ1) is 13.4. The fraction of sp³-hybridized carbons (Fsp3) is 0.500. The van der Waals surface area contributed by atoms with Gasteiger partial charge in [-0.25, -0.2) is 4.79 Å². The Bertz CT molecular complexity index is 775. The van der Waals surface area contributed by atoms with E-state index in [1.54, 1.807) is 0 Å². The first-order valence-electron chi connectivity index (χ1n) is 9.70. The Morgan fingerprint density at radius 2 is 1.86 bits per heavy atom. The van der Waals surface area contributed by atoms with Crippen LogP contribution in [0.25, 0.3) is 10.6 Å². The van der Waals surface area contributed by atoms with Crippen LogP contribution in [0.3, 0.4) is 0 Å². The molecule has 2 atom stereocenters. The van der Waals surface area contributed by atoms with Gasteiger partial charge >= 0.3 is 6.03 Å². The Labute approximate surface area is 170 Å². The van der Waals surface area contributed by atoms with Gasteiger partial charge in [-0.15, -0.1) is 10.2 Å². The lowest BCUT2D eigenvalue weighted by Gasteiger charge is -2.23. The number of aromatic nitrogens is 2. The van der Waals surface area contributed by atoms with Gasteiger partial charge in [0.2, 0.25) is 11.0 Å². The highest BCUT2D eigenvalue weighted by Gasteiger charge is 2.26. The van der Waals surface area contributed by atoms with Crippen molar-refractivity contribution in [1.82, 2.24) is 20.8 Å². The van der Waals surface area contributed by atoms with Crippen LogP contribution in [0.2, 0.25) is 0 Å². The van der Waals surface area contributed by atoms with Crippen LogP contribution in [-0.4, -0.2) is 34.7 Å². The maximum atomic E-state index is 12.8. The number of carbonyl (C=O) groups excluding carboxylic acids is 2. The van der Waals surface area contributed by atoms with Crippen LogP contribution in [0.15, 0.2) is 24.3 Å². The molecule has 8 heteroatoms. The van der Waals surface area contributed by atoms with Gasteiger partial charge in [0.15, 0.2) is 0 Å². The molecule has 0 aliphatic carbocycles. The first kappa shape index (κ1) is 21.8. The summed E-state index contributed by atoms with van der Waals surface area (Å²) in [5.41, 5.74) is 2.12. The molecule has 0 bridgehead atoms. The minimum atomic E-state index is -0.640. The highest BCUT2D eigenvalue weighted by Crippen LogP contribution is 2.26. The van der Waals surface area contributed by atoms with Gasteiger partial charge in [0.05, 0.1) is 0 Å². The van der Waals surface area contributed by atoms with Gasteiger partial charge in [-0.05, 0) is 19.3 Å². The number of nitrogens with zero attached hydrogens (tertiary/aromatic N) is 2. The second-order valence-electron chi connectivity index (χ2n) is 6.88. The molecule has 0 spiro atoms. The predicted molar refractivity (Wildman–Crippen MR) is 113 cm³/mol. The molecule has 7 nitrogen and oxygen atoms in total. The maximum absolute atomic E-state index is 12.8. The van der Waals surface area contributed by atoms with E-state index in [-0.39, 0.29) is 17.9 Å². The van der Waals surface area contributed by atoms with Gasteiger partial charge in [0.1, 0.15) is 11.0 Å². The summed E-state index contributed by atoms with van der Waals surface area (Å²) in [6.07, 6.45) is 2.66. The molecule has 0 saturated heterocycles. The lowest BCUT2D eigenvalue weighted by molar-refractivity contribution is -0.119. The standard InChI is InChI=1S/C20H29N5O2S/c1-5-7-12-21-19(27)22-16(14(4)6-2)17(26)23-20-25-24-18(28-20)15-10-8-13(3)9-11-15/h8-11,14,16H,5-7,12H2,1-4H3,(H2,21,22,27)(H,23,25,26)/t14-,16+/m1/s1. The van der Waals surface area contributed by atoms with E-state index in [2.05, 4.69) is 33.1 Å². The van der Waals surface area contributed by atoms with E-state index >= 15 is 0 Å². The molecule has 28 heavy (non-hydrogen) atoms. The zero-order valence-corrected chi connectivity index (χ0v) is 17.7. The molecule has 152 valence electrons. The van der Waals surface area contributed by atoms with Crippen LogP contribution in [-0.2, 0) is 4.79 Å². The van der Waals surface area contributed by atoms with Crippen LogP contribution in [0.5, 0.6) is 0 Å². The highest BCUT2D eigenvalue weighted by molar-refractivity contribution is 7.18. The molecule has 1 aromatic heterocycles. The van der Waals surface area contributed by atoms with Crippen molar-refractivity contribution in [1.29, 1.82) is 0 Å². The van der Waals surface area contributed by atoms with Crippen molar-refractivity contribution in [3.63, 3.8) is 0 Å². The summed E-state index contributed by atoms with van der Waals surface area (Å²) in [7, 11) is 0. The quantitative estimate of drug-likeness (QED) is 0.552. The summed E-state index contributed by atoms with van der Waals surface area (Å²) < 4.78 is 0. The highest BCUT2D eigenvalue weighted by atomic mass is 32.1. The van der Waals surface area contributed by atoms with Gasteiger partial charge < -0.3 is 10.6 Å². The third-order valence-electron chi connectivity index (χ3n) is 4.55. The second kappa shape index (κ2) is 10.8. The Morgan fingerprint density at radius 1 is 1.14 bits per heavy atom. The lowest BCUT2D eigenvalue weighted by atomic mass is 9.98. The van der Waals surface area contributed by atoms with Crippen molar-refractivity contribution in [2.24, 2.45) is 5.92 Å². The molecule has 1 aromatic carbocycles. The molecule has 0 aliphatic heterocycles. The molecule has 0 unspecified atom stereocenters. The number of carbonyl (C=O) groups is 2. The summed E-state index contributed by atoms with van der Waals surface area (Å²) in [4.78, 5) is 24.8. The first-order valence-corrected chi connectivity index (χ1v) is 10.5. The van der Waals surface area contributed by atoms with Crippen LogP contribution < -0.4 is 16.0 Å². The lowest BCUT2D eigenvalue weighted by Crippen LogP contribution is -2.51. The van der Waals surface area contributed by atoms with E-state index in [9.17, 15) is 9.59 Å². The average Bonchev–Trinajstić information content (AvgIpc) is 3.14. The summed E-state index contributed by atoms with van der Waals surface area (Å²) >= 11 is 1.31. The number of rotatable bonds is 9. The zero-order valence-electron chi connectivity index (χ0n) is 16.9. The number of unbranched alkanes of at least 4 members (excludes halogenated alkanes) is 1. The minimum absolute atomic E-state index is 0.0126. The molecule has 0 saturated carbocycles. The fourth-order valence-corrected chi connectivity index (χ4v) is 3.29. The van der Waals surface area contributed by atoms with E-state index in [1.165, 1.54) is 16.9 Å². The van der Waals surface area contributed by atoms with Crippen LogP contribution in [0.1, 0.15) is 45.6 Å². The minimum Gasteiger partial charge on any atom is -0.338 e. The molecule has 2 rings (SSSR count). The maximum Gasteiger partial charge on any atom is 0.315 e. The fourth-order valence-electron chi connectivity index (χ4n) is 2.54. The van der Waals surface area contributed by atoms with Crippen molar-refractivity contribution in [2.45, 2.75) is 53.0 Å². The Morgan fingerprint density at radius 3 is 2.50 bits per heavy atom. The molecular formula is C20H29N5O2S. The van der Waals surface area contributed by atoms with E-state index < -0.39 is 6.04 Å². The predicted octanol–water partition coefficient (Wildman–Crippen LogP) is 3.97. The smallest absolute Gasteiger partial charge is 0.315 e. The number of aryl methyl sites for hydroxylation is 1. The van der Waals surface area contributed by atoms with Crippen molar-refractivity contribution in [3.05, 3.63) is 29.8 Å². The number of urea groups is 1. The topological polar surface area (TPSA) is 96.0 Å². The third kappa shape index (κ3) is 6.30. The molecule has 1 heterocycles. The summed E-state index contributed by atoms with van der Waals surface area (Å²) in [5.74, 6) is -0.298. The van der Waals surface area contributed by atoms with Crippen LogP contribution in [0, 0.1) is 12.8 Å². The summed E-state index contributed by atoms with van der Waals surface area (Å²) in [6.45, 7) is 8.60. The average molecular weight is 404 g/mol.